The molecule has 2 heteroatoms. The van der Waals surface area contributed by atoms with Gasteiger partial charge in [-0.25, -0.2) is 0 Å². The first-order valence-electron chi connectivity index (χ1n) is 8.80. The van der Waals surface area contributed by atoms with Crippen molar-refractivity contribution in [2.24, 2.45) is 11.8 Å². The summed E-state index contributed by atoms with van der Waals surface area (Å²) in [5.74, 6) is 0.974. The number of hydrogen-bond acceptors (Lipinski definition) is 2. The van der Waals surface area contributed by atoms with Crippen LogP contribution >= 0.6 is 0 Å². The largest absolute Gasteiger partial charge is 0.384 e. The monoisotopic (exact) mass is 307 g/mol. The summed E-state index contributed by atoms with van der Waals surface area (Å²) < 4.78 is 0. The third-order valence-electron chi connectivity index (χ3n) is 5.86. The Morgan fingerprint density at radius 3 is 2.09 bits per heavy atom. The lowest BCUT2D eigenvalue weighted by atomic mass is 9.66. The molecular weight excluding hydrogens is 282 g/mol. The quantitative estimate of drug-likeness (QED) is 0.935. The Balaban J connectivity index is 1.72. The molecule has 2 nitrogen and oxygen atoms in total. The molecule has 0 radical (unpaired) electrons. The fraction of sp³-hybridized carbons (Fsp3) is 0.429. The van der Waals surface area contributed by atoms with Crippen molar-refractivity contribution in [1.82, 2.24) is 4.90 Å². The van der Waals surface area contributed by atoms with Crippen molar-refractivity contribution in [3.8, 4) is 0 Å². The van der Waals surface area contributed by atoms with Gasteiger partial charge >= 0.3 is 0 Å². The third-order valence-corrected chi connectivity index (χ3v) is 5.86. The number of piperidine rings is 3. The Kier molecular flexibility index (Phi) is 3.96. The molecule has 120 valence electrons. The summed E-state index contributed by atoms with van der Waals surface area (Å²) in [6.45, 7) is 3.44. The Hall–Kier alpha value is -1.64. The molecule has 0 unspecified atom stereocenters. The molecule has 0 saturated carbocycles. The first-order chi connectivity index (χ1) is 11.3. The lowest BCUT2D eigenvalue weighted by Crippen LogP contribution is -2.55. The number of fused-ring (bicyclic) bond motifs is 3. The summed E-state index contributed by atoms with van der Waals surface area (Å²) in [6, 6.07) is 20.8. The van der Waals surface area contributed by atoms with Crippen LogP contribution in [0, 0.1) is 11.8 Å². The zero-order chi connectivity index (χ0) is 15.7. The van der Waals surface area contributed by atoms with Crippen LogP contribution in [-0.2, 0) is 12.0 Å². The lowest BCUT2D eigenvalue weighted by molar-refractivity contribution is -0.101. The van der Waals surface area contributed by atoms with E-state index in [1.54, 1.807) is 0 Å². The van der Waals surface area contributed by atoms with Crippen LogP contribution in [0.3, 0.4) is 0 Å². The van der Waals surface area contributed by atoms with Crippen molar-refractivity contribution in [3.05, 3.63) is 71.8 Å². The molecule has 2 atom stereocenters. The molecule has 3 aliphatic heterocycles. The summed E-state index contributed by atoms with van der Waals surface area (Å²) in [5.41, 5.74) is 1.52. The second kappa shape index (κ2) is 6.10. The molecule has 3 fully saturated rings. The predicted octanol–water partition coefficient (Wildman–Crippen LogP) is 3.46. The highest BCUT2D eigenvalue weighted by Crippen LogP contribution is 2.45. The van der Waals surface area contributed by atoms with Gasteiger partial charge in [0.05, 0.1) is 5.60 Å². The summed E-state index contributed by atoms with van der Waals surface area (Å²) >= 11 is 0. The van der Waals surface area contributed by atoms with E-state index in [4.69, 9.17) is 0 Å². The zero-order valence-corrected chi connectivity index (χ0v) is 13.6. The van der Waals surface area contributed by atoms with Crippen LogP contribution in [0.2, 0.25) is 0 Å². The molecule has 2 bridgehead atoms. The fourth-order valence-corrected chi connectivity index (χ4v) is 4.59. The molecule has 3 aliphatic rings. The van der Waals surface area contributed by atoms with Crippen LogP contribution in [0.1, 0.15) is 24.0 Å². The minimum absolute atomic E-state index is 0.326. The highest BCUT2D eigenvalue weighted by molar-refractivity contribution is 5.29. The average molecular weight is 307 g/mol. The molecule has 0 amide bonds. The average Bonchev–Trinajstić information content (AvgIpc) is 2.64. The minimum Gasteiger partial charge on any atom is -0.384 e. The van der Waals surface area contributed by atoms with E-state index in [9.17, 15) is 5.11 Å². The SMILES string of the molecule is O[C@](Cc1ccccc1)(c1ccccc1)[C@@H]1CN2CCC1CC2. The molecule has 3 saturated heterocycles. The van der Waals surface area contributed by atoms with Gasteiger partial charge in [0.25, 0.3) is 0 Å². The van der Waals surface area contributed by atoms with Gasteiger partial charge in [-0.3, -0.25) is 0 Å². The van der Waals surface area contributed by atoms with E-state index >= 15 is 0 Å². The van der Waals surface area contributed by atoms with E-state index < -0.39 is 5.60 Å². The van der Waals surface area contributed by atoms with Gasteiger partial charge in [0.1, 0.15) is 0 Å². The summed E-state index contributed by atoms with van der Waals surface area (Å²) in [5, 5.41) is 11.9. The van der Waals surface area contributed by atoms with E-state index in [2.05, 4.69) is 41.3 Å². The molecule has 0 aromatic heterocycles. The number of hydrogen-bond donors (Lipinski definition) is 1. The molecule has 0 spiro atoms. The van der Waals surface area contributed by atoms with E-state index in [0.717, 1.165) is 12.1 Å². The van der Waals surface area contributed by atoms with E-state index in [-0.39, 0.29) is 0 Å². The lowest BCUT2D eigenvalue weighted by Gasteiger charge is -2.51. The summed E-state index contributed by atoms with van der Waals surface area (Å²) in [6.07, 6.45) is 3.16. The van der Waals surface area contributed by atoms with Crippen LogP contribution in [-0.4, -0.2) is 29.6 Å². The van der Waals surface area contributed by atoms with Crippen molar-refractivity contribution in [3.63, 3.8) is 0 Å². The van der Waals surface area contributed by atoms with Gasteiger partial charge in [0, 0.05) is 18.9 Å². The Bertz CT molecular complexity index is 633. The van der Waals surface area contributed by atoms with E-state index in [1.165, 1.54) is 31.5 Å². The molecule has 2 aromatic carbocycles. The Morgan fingerprint density at radius 1 is 0.913 bits per heavy atom. The van der Waals surface area contributed by atoms with Crippen LogP contribution in [0.4, 0.5) is 0 Å². The number of nitrogens with zero attached hydrogens (tertiary/aromatic N) is 1. The van der Waals surface area contributed by atoms with Gasteiger partial charge in [0.15, 0.2) is 0 Å². The van der Waals surface area contributed by atoms with Crippen LogP contribution in [0.15, 0.2) is 60.7 Å². The maximum absolute atomic E-state index is 11.9. The molecule has 5 rings (SSSR count). The normalized spacial score (nSPS) is 29.2. The van der Waals surface area contributed by atoms with Crippen molar-refractivity contribution in [2.45, 2.75) is 24.9 Å². The van der Waals surface area contributed by atoms with E-state index in [0.29, 0.717) is 18.3 Å². The number of aliphatic hydroxyl groups is 1. The van der Waals surface area contributed by atoms with Crippen molar-refractivity contribution in [1.29, 1.82) is 0 Å². The smallest absolute Gasteiger partial charge is 0.0979 e. The minimum atomic E-state index is -0.771. The first kappa shape index (κ1) is 14.9. The first-order valence-corrected chi connectivity index (χ1v) is 8.80. The van der Waals surface area contributed by atoms with Crippen molar-refractivity contribution >= 4 is 0 Å². The van der Waals surface area contributed by atoms with Gasteiger partial charge in [-0.1, -0.05) is 60.7 Å². The summed E-state index contributed by atoms with van der Waals surface area (Å²) in [4.78, 5) is 2.53. The molecule has 2 aromatic rings. The van der Waals surface area contributed by atoms with E-state index in [1.807, 2.05) is 24.3 Å². The fourth-order valence-electron chi connectivity index (χ4n) is 4.59. The maximum atomic E-state index is 11.9. The standard InChI is InChI=1S/C21H25NO/c23-21(19-9-5-2-6-10-19,15-17-7-3-1-4-8-17)20-16-22-13-11-18(20)12-14-22/h1-10,18,20,23H,11-16H2/t20-,21-/m1/s1. The summed E-state index contributed by atoms with van der Waals surface area (Å²) in [7, 11) is 0. The molecule has 23 heavy (non-hydrogen) atoms. The molecule has 3 heterocycles. The van der Waals surface area contributed by atoms with Crippen LogP contribution in [0.25, 0.3) is 0 Å². The Morgan fingerprint density at radius 2 is 1.52 bits per heavy atom. The third kappa shape index (κ3) is 2.82. The van der Waals surface area contributed by atoms with Crippen LogP contribution < -0.4 is 0 Å². The van der Waals surface area contributed by atoms with Gasteiger partial charge in [-0.15, -0.1) is 0 Å². The van der Waals surface area contributed by atoms with Gasteiger partial charge in [-0.05, 0) is 43.0 Å². The van der Waals surface area contributed by atoms with Gasteiger partial charge < -0.3 is 10.0 Å². The predicted molar refractivity (Wildman–Crippen MR) is 93.1 cm³/mol. The van der Waals surface area contributed by atoms with Crippen molar-refractivity contribution < 1.29 is 5.11 Å². The van der Waals surface area contributed by atoms with Gasteiger partial charge in [-0.2, -0.15) is 0 Å². The molecule has 0 aliphatic carbocycles. The van der Waals surface area contributed by atoms with Gasteiger partial charge in [0.2, 0.25) is 0 Å². The van der Waals surface area contributed by atoms with Crippen LogP contribution in [0.5, 0.6) is 0 Å². The molecule has 1 N–H and O–H groups in total. The second-order valence-electron chi connectivity index (χ2n) is 7.20. The highest BCUT2D eigenvalue weighted by Gasteiger charge is 2.47. The topological polar surface area (TPSA) is 23.5 Å². The number of rotatable bonds is 4. The number of benzene rings is 2. The highest BCUT2D eigenvalue weighted by atomic mass is 16.3. The zero-order valence-electron chi connectivity index (χ0n) is 13.6. The van der Waals surface area contributed by atoms with Crippen molar-refractivity contribution in [2.75, 3.05) is 19.6 Å². The maximum Gasteiger partial charge on any atom is 0.0979 e. The Labute approximate surface area is 138 Å². The molecular formula is C21H25NO. The second-order valence-corrected chi connectivity index (χ2v) is 7.20.